The second kappa shape index (κ2) is 9.67. The van der Waals surface area contributed by atoms with Gasteiger partial charge in [0.05, 0.1) is 12.7 Å². The van der Waals surface area contributed by atoms with E-state index in [0.29, 0.717) is 6.10 Å². The zero-order valence-electron chi connectivity index (χ0n) is 11.3. The molecule has 0 aromatic rings. The van der Waals surface area contributed by atoms with Crippen molar-refractivity contribution < 1.29 is 9.47 Å². The summed E-state index contributed by atoms with van der Waals surface area (Å²) in [6, 6.07) is 0. The fraction of sp³-hybridized carbons (Fsp3) is 0.867. The molecule has 0 aromatic carbocycles. The summed E-state index contributed by atoms with van der Waals surface area (Å²) in [6.45, 7) is 6.74. The van der Waals surface area contributed by atoms with Gasteiger partial charge in [-0.3, -0.25) is 0 Å². The fourth-order valence-electron chi connectivity index (χ4n) is 2.19. The summed E-state index contributed by atoms with van der Waals surface area (Å²) in [5, 5.41) is 0. The molecule has 0 aliphatic carbocycles. The van der Waals surface area contributed by atoms with Crippen LogP contribution >= 0.6 is 0 Å². The Kier molecular flexibility index (Phi) is 8.37. The lowest BCUT2D eigenvalue weighted by molar-refractivity contribution is -0.210. The Morgan fingerprint density at radius 1 is 1.12 bits per heavy atom. The lowest BCUT2D eigenvalue weighted by Gasteiger charge is -2.28. The normalized spacial score (nSPS) is 24.8. The molecule has 0 N–H and O–H groups in total. The summed E-state index contributed by atoms with van der Waals surface area (Å²) < 4.78 is 11.3. The molecule has 2 atom stereocenters. The maximum Gasteiger partial charge on any atom is 0.157 e. The van der Waals surface area contributed by atoms with Gasteiger partial charge in [0.2, 0.25) is 0 Å². The maximum absolute atomic E-state index is 5.71. The van der Waals surface area contributed by atoms with Crippen LogP contribution < -0.4 is 0 Å². The molecule has 0 radical (unpaired) electrons. The van der Waals surface area contributed by atoms with Crippen molar-refractivity contribution in [3.8, 4) is 0 Å². The molecule has 1 aliphatic rings. The van der Waals surface area contributed by atoms with Crippen molar-refractivity contribution in [2.24, 2.45) is 0 Å². The lowest BCUT2D eigenvalue weighted by Crippen LogP contribution is -2.30. The molecule has 2 nitrogen and oxygen atoms in total. The number of hydrogen-bond acceptors (Lipinski definition) is 2. The van der Waals surface area contributed by atoms with Crippen molar-refractivity contribution >= 4 is 0 Å². The van der Waals surface area contributed by atoms with Gasteiger partial charge in [-0.2, -0.15) is 0 Å². The summed E-state index contributed by atoms with van der Waals surface area (Å²) in [6.07, 6.45) is 13.6. The van der Waals surface area contributed by atoms with Gasteiger partial charge < -0.3 is 9.47 Å². The van der Waals surface area contributed by atoms with Crippen LogP contribution in [0.15, 0.2) is 12.7 Å². The topological polar surface area (TPSA) is 18.5 Å². The Labute approximate surface area is 106 Å². The quantitative estimate of drug-likeness (QED) is 0.438. The predicted molar refractivity (Wildman–Crippen MR) is 72.0 cm³/mol. The molecule has 1 fully saturated rings. The Hall–Kier alpha value is -0.340. The number of allylic oxidation sites excluding steroid dienone is 1. The van der Waals surface area contributed by atoms with Crippen LogP contribution in [0.2, 0.25) is 0 Å². The van der Waals surface area contributed by atoms with Crippen LogP contribution in [0, 0.1) is 0 Å². The first kappa shape index (κ1) is 14.7. The van der Waals surface area contributed by atoms with Crippen molar-refractivity contribution in [1.82, 2.24) is 0 Å². The van der Waals surface area contributed by atoms with Gasteiger partial charge in [-0.15, -0.1) is 6.58 Å². The van der Waals surface area contributed by atoms with Crippen LogP contribution in [-0.2, 0) is 9.47 Å². The van der Waals surface area contributed by atoms with Crippen molar-refractivity contribution in [2.75, 3.05) is 6.61 Å². The first-order valence-corrected chi connectivity index (χ1v) is 7.21. The van der Waals surface area contributed by atoms with E-state index in [2.05, 4.69) is 13.5 Å². The summed E-state index contributed by atoms with van der Waals surface area (Å²) in [5.41, 5.74) is 0. The standard InChI is InChI=1S/C15H28O2/c1-3-4-5-6-7-8-9-10-11-15-16-13-12-14(2)17-15/h3,14-15H,1,4-13H2,2H3/t14-,15+/m1/s1. The average Bonchev–Trinajstić information content (AvgIpc) is 2.33. The number of rotatable bonds is 9. The molecule has 1 rings (SSSR count). The smallest absolute Gasteiger partial charge is 0.157 e. The summed E-state index contributed by atoms with van der Waals surface area (Å²) >= 11 is 0. The highest BCUT2D eigenvalue weighted by molar-refractivity contribution is 4.65. The summed E-state index contributed by atoms with van der Waals surface area (Å²) in [5.74, 6) is 0. The number of ether oxygens (including phenoxy) is 2. The zero-order chi connectivity index (χ0) is 12.3. The van der Waals surface area contributed by atoms with Crippen molar-refractivity contribution in [3.63, 3.8) is 0 Å². The van der Waals surface area contributed by atoms with E-state index >= 15 is 0 Å². The number of hydrogen-bond donors (Lipinski definition) is 0. The molecule has 0 unspecified atom stereocenters. The van der Waals surface area contributed by atoms with Crippen molar-refractivity contribution in [2.45, 2.75) is 77.1 Å². The highest BCUT2D eigenvalue weighted by Gasteiger charge is 2.18. The lowest BCUT2D eigenvalue weighted by atomic mass is 10.1. The third kappa shape index (κ3) is 7.56. The molecule has 0 amide bonds. The van der Waals surface area contributed by atoms with E-state index in [9.17, 15) is 0 Å². The monoisotopic (exact) mass is 240 g/mol. The van der Waals surface area contributed by atoms with Crippen LogP contribution in [-0.4, -0.2) is 19.0 Å². The van der Waals surface area contributed by atoms with E-state index in [1.165, 1.54) is 44.9 Å². The Bertz CT molecular complexity index is 191. The predicted octanol–water partition coefficient (Wildman–Crippen LogP) is 4.44. The first-order valence-electron chi connectivity index (χ1n) is 7.21. The van der Waals surface area contributed by atoms with E-state index in [0.717, 1.165) is 19.4 Å². The van der Waals surface area contributed by atoms with Gasteiger partial charge in [-0.05, 0) is 39.0 Å². The third-order valence-electron chi connectivity index (χ3n) is 3.31. The van der Waals surface area contributed by atoms with Gasteiger partial charge in [0, 0.05) is 0 Å². The minimum atomic E-state index is 0.0690. The van der Waals surface area contributed by atoms with Crippen LogP contribution in [0.1, 0.15) is 64.7 Å². The molecular formula is C15H28O2. The van der Waals surface area contributed by atoms with Crippen molar-refractivity contribution in [1.29, 1.82) is 0 Å². The van der Waals surface area contributed by atoms with Crippen molar-refractivity contribution in [3.05, 3.63) is 12.7 Å². The Morgan fingerprint density at radius 3 is 2.53 bits per heavy atom. The molecule has 17 heavy (non-hydrogen) atoms. The highest BCUT2D eigenvalue weighted by atomic mass is 16.7. The van der Waals surface area contributed by atoms with E-state index in [1.807, 2.05) is 6.08 Å². The molecule has 1 heterocycles. The van der Waals surface area contributed by atoms with Gasteiger partial charge in [0.1, 0.15) is 0 Å². The van der Waals surface area contributed by atoms with Gasteiger partial charge in [0.15, 0.2) is 6.29 Å². The molecule has 100 valence electrons. The SMILES string of the molecule is C=CCCCCCCCC[C@H]1OCC[C@@H](C)O1. The molecule has 2 heteroatoms. The van der Waals surface area contributed by atoms with Gasteiger partial charge in [-0.25, -0.2) is 0 Å². The molecule has 0 saturated carbocycles. The third-order valence-corrected chi connectivity index (χ3v) is 3.31. The second-order valence-electron chi connectivity index (χ2n) is 5.02. The van der Waals surface area contributed by atoms with Crippen LogP contribution in [0.5, 0.6) is 0 Å². The van der Waals surface area contributed by atoms with Gasteiger partial charge in [0.25, 0.3) is 0 Å². The van der Waals surface area contributed by atoms with Crippen LogP contribution in [0.25, 0.3) is 0 Å². The van der Waals surface area contributed by atoms with E-state index < -0.39 is 0 Å². The van der Waals surface area contributed by atoms with E-state index in [-0.39, 0.29) is 6.29 Å². The fourth-order valence-corrected chi connectivity index (χ4v) is 2.19. The summed E-state index contributed by atoms with van der Waals surface area (Å²) in [7, 11) is 0. The van der Waals surface area contributed by atoms with Crippen LogP contribution in [0.4, 0.5) is 0 Å². The van der Waals surface area contributed by atoms with E-state index in [1.54, 1.807) is 0 Å². The first-order chi connectivity index (χ1) is 8.33. The van der Waals surface area contributed by atoms with Gasteiger partial charge in [-0.1, -0.05) is 31.8 Å². The minimum absolute atomic E-state index is 0.0690. The zero-order valence-corrected chi connectivity index (χ0v) is 11.3. The minimum Gasteiger partial charge on any atom is -0.353 e. The molecule has 1 aliphatic heterocycles. The molecule has 0 aromatic heterocycles. The highest BCUT2D eigenvalue weighted by Crippen LogP contribution is 2.17. The summed E-state index contributed by atoms with van der Waals surface area (Å²) in [4.78, 5) is 0. The second-order valence-corrected chi connectivity index (χ2v) is 5.02. The van der Waals surface area contributed by atoms with Gasteiger partial charge >= 0.3 is 0 Å². The maximum atomic E-state index is 5.71. The van der Waals surface area contributed by atoms with Crippen LogP contribution in [0.3, 0.4) is 0 Å². The molecule has 0 bridgehead atoms. The Balaban J connectivity index is 1.85. The largest absolute Gasteiger partial charge is 0.353 e. The molecule has 0 spiro atoms. The molecule has 1 saturated heterocycles. The molecular weight excluding hydrogens is 212 g/mol. The average molecular weight is 240 g/mol. The Morgan fingerprint density at radius 2 is 1.82 bits per heavy atom. The van der Waals surface area contributed by atoms with E-state index in [4.69, 9.17) is 9.47 Å². The number of unbranched alkanes of at least 4 members (excludes halogenated alkanes) is 6.